The maximum atomic E-state index is 14.0. The second-order valence-corrected chi connectivity index (χ2v) is 13.5. The molecule has 7 N–H and O–H groups in total. The van der Waals surface area contributed by atoms with Gasteiger partial charge < -0.3 is 36.8 Å². The van der Waals surface area contributed by atoms with Gasteiger partial charge in [-0.2, -0.15) is 0 Å². The first kappa shape index (κ1) is 40.7. The Labute approximate surface area is 304 Å². The number of rotatable bonds is 18. The van der Waals surface area contributed by atoms with Crippen molar-refractivity contribution in [1.29, 1.82) is 0 Å². The van der Waals surface area contributed by atoms with Gasteiger partial charge in [-0.25, -0.2) is 0 Å². The van der Waals surface area contributed by atoms with Gasteiger partial charge in [0.05, 0.1) is 0 Å². The molecule has 52 heavy (non-hydrogen) atoms. The summed E-state index contributed by atoms with van der Waals surface area (Å²) in [7, 11) is 0. The number of hydrogen-bond donors (Lipinski definition) is 7. The predicted octanol–water partition coefficient (Wildman–Crippen LogP) is 2.72. The highest BCUT2D eigenvalue weighted by molar-refractivity contribution is 5.99. The summed E-state index contributed by atoms with van der Waals surface area (Å²) >= 11 is 0. The Balaban J connectivity index is 1.85. The molecule has 3 aromatic carbocycles. The number of amides is 5. The molecular formula is C39H49N5O8. The summed E-state index contributed by atoms with van der Waals surface area (Å²) in [6, 6.07) is 17.7. The summed E-state index contributed by atoms with van der Waals surface area (Å²) in [5, 5.41) is 32.3. The molecule has 0 saturated carbocycles. The van der Waals surface area contributed by atoms with Gasteiger partial charge in [0.15, 0.2) is 0 Å². The van der Waals surface area contributed by atoms with E-state index in [1.807, 2.05) is 13.8 Å². The van der Waals surface area contributed by atoms with Crippen LogP contribution in [0.15, 0.2) is 84.9 Å². The third-order valence-corrected chi connectivity index (χ3v) is 8.27. The third kappa shape index (κ3) is 12.9. The monoisotopic (exact) mass is 715 g/mol. The number of aromatic hydroxyl groups is 1. The van der Waals surface area contributed by atoms with Gasteiger partial charge in [0.1, 0.15) is 36.0 Å². The summed E-state index contributed by atoms with van der Waals surface area (Å²) in [4.78, 5) is 79.3. The second kappa shape index (κ2) is 19.6. The minimum absolute atomic E-state index is 0.000612. The van der Waals surface area contributed by atoms with Crippen LogP contribution in [-0.4, -0.2) is 75.9 Å². The first-order chi connectivity index (χ1) is 24.6. The largest absolute Gasteiger partial charge is 0.508 e. The van der Waals surface area contributed by atoms with E-state index in [-0.39, 0.29) is 36.5 Å². The number of aliphatic carboxylic acids is 1. The van der Waals surface area contributed by atoms with Crippen molar-refractivity contribution in [1.82, 2.24) is 26.6 Å². The number of phenols is 1. The number of carbonyl (C=O) groups is 6. The zero-order valence-corrected chi connectivity index (χ0v) is 30.1. The Morgan fingerprint density at radius 1 is 0.558 bits per heavy atom. The SMILES string of the molecule is CC(C)C[C@@H](NC(=O)c1ccc(O)cc1)C(=O)N[C@@H](C(=O)N[C@H](Cc1ccccc1)C(=O)N[C@H](Cc1ccccc1)C(=O)N[C@H](C)C(=O)O)C(C)C. The van der Waals surface area contributed by atoms with Crippen molar-refractivity contribution >= 4 is 35.5 Å². The van der Waals surface area contributed by atoms with Crippen molar-refractivity contribution in [2.45, 2.75) is 84.1 Å². The lowest BCUT2D eigenvalue weighted by molar-refractivity contribution is -0.141. The Bertz CT molecular complexity index is 1660. The van der Waals surface area contributed by atoms with Crippen molar-refractivity contribution in [2.75, 3.05) is 0 Å². The molecule has 5 amide bonds. The predicted molar refractivity (Wildman–Crippen MR) is 195 cm³/mol. The van der Waals surface area contributed by atoms with Crippen LogP contribution in [0.3, 0.4) is 0 Å². The average molecular weight is 716 g/mol. The highest BCUT2D eigenvalue weighted by atomic mass is 16.4. The number of hydrogen-bond acceptors (Lipinski definition) is 7. The van der Waals surface area contributed by atoms with Gasteiger partial charge in [-0.3, -0.25) is 28.8 Å². The van der Waals surface area contributed by atoms with Gasteiger partial charge in [-0.05, 0) is 60.6 Å². The summed E-state index contributed by atoms with van der Waals surface area (Å²) in [6.45, 7) is 8.55. The van der Waals surface area contributed by atoms with E-state index in [9.17, 15) is 39.0 Å². The highest BCUT2D eigenvalue weighted by Gasteiger charge is 2.33. The molecule has 0 heterocycles. The van der Waals surface area contributed by atoms with E-state index < -0.39 is 71.6 Å². The van der Waals surface area contributed by atoms with Gasteiger partial charge in [0.25, 0.3) is 5.91 Å². The lowest BCUT2D eigenvalue weighted by Gasteiger charge is -2.28. The Hall–Kier alpha value is -5.72. The number of carboxylic acid groups (broad SMARTS) is 1. The topological polar surface area (TPSA) is 203 Å². The fourth-order valence-electron chi connectivity index (χ4n) is 5.37. The molecule has 0 aromatic heterocycles. The Kier molecular flexibility index (Phi) is 15.4. The number of carbonyl (C=O) groups excluding carboxylic acids is 5. The highest BCUT2D eigenvalue weighted by Crippen LogP contribution is 2.13. The fourth-order valence-corrected chi connectivity index (χ4v) is 5.37. The molecule has 0 fully saturated rings. The van der Waals surface area contributed by atoms with Gasteiger partial charge in [-0.1, -0.05) is 88.4 Å². The van der Waals surface area contributed by atoms with E-state index in [2.05, 4.69) is 26.6 Å². The number of carboxylic acids is 1. The van der Waals surface area contributed by atoms with Crippen molar-refractivity contribution in [2.24, 2.45) is 11.8 Å². The van der Waals surface area contributed by atoms with Crippen LogP contribution < -0.4 is 26.6 Å². The van der Waals surface area contributed by atoms with E-state index in [1.54, 1.807) is 74.5 Å². The molecule has 0 saturated heterocycles. The lowest BCUT2D eigenvalue weighted by atomic mass is 9.98. The first-order valence-electron chi connectivity index (χ1n) is 17.3. The van der Waals surface area contributed by atoms with Crippen molar-refractivity contribution in [3.8, 4) is 5.75 Å². The standard InChI is InChI=1S/C39H49N5O8/c1-23(2)20-30(41-34(46)28-16-18-29(45)19-17-28)37(49)44-33(24(3)4)38(50)43-32(22-27-14-10-7-11-15-27)36(48)42-31(21-26-12-8-6-9-13-26)35(47)40-25(5)39(51)52/h6-19,23-25,30-33,45H,20-22H2,1-5H3,(H,40,47)(H,41,46)(H,42,48)(H,43,50)(H,44,49)(H,51,52)/t25-,30-,31-,32-,33-/m1/s1. The maximum Gasteiger partial charge on any atom is 0.325 e. The van der Waals surface area contributed by atoms with Crippen LogP contribution >= 0.6 is 0 Å². The van der Waals surface area contributed by atoms with E-state index in [0.29, 0.717) is 11.1 Å². The third-order valence-electron chi connectivity index (χ3n) is 8.27. The van der Waals surface area contributed by atoms with Crippen molar-refractivity contribution < 1.29 is 39.0 Å². The lowest BCUT2D eigenvalue weighted by Crippen LogP contribution is -2.60. The molecule has 0 bridgehead atoms. The first-order valence-corrected chi connectivity index (χ1v) is 17.3. The molecule has 278 valence electrons. The minimum Gasteiger partial charge on any atom is -0.508 e. The smallest absolute Gasteiger partial charge is 0.325 e. The number of phenolic OH excluding ortho intramolecular Hbond substituents is 1. The zero-order chi connectivity index (χ0) is 38.4. The summed E-state index contributed by atoms with van der Waals surface area (Å²) in [6.07, 6.45) is 0.363. The number of benzene rings is 3. The summed E-state index contributed by atoms with van der Waals surface area (Å²) in [5.74, 6) is -4.88. The fraction of sp³-hybridized carbons (Fsp3) is 0.385. The molecule has 0 spiro atoms. The van der Waals surface area contributed by atoms with Crippen molar-refractivity contribution in [3.05, 3.63) is 102 Å². The quantitative estimate of drug-likeness (QED) is 0.104. The van der Waals surface area contributed by atoms with Crippen LogP contribution in [0.5, 0.6) is 5.75 Å². The molecule has 3 aromatic rings. The number of nitrogens with one attached hydrogen (secondary N) is 5. The van der Waals surface area contributed by atoms with Crippen LogP contribution in [0.4, 0.5) is 0 Å². The van der Waals surface area contributed by atoms with Crippen LogP contribution in [0.2, 0.25) is 0 Å². The molecule has 0 aliphatic heterocycles. The van der Waals surface area contributed by atoms with E-state index >= 15 is 0 Å². The second-order valence-electron chi connectivity index (χ2n) is 13.5. The van der Waals surface area contributed by atoms with Crippen LogP contribution in [-0.2, 0) is 36.8 Å². The average Bonchev–Trinajstić information content (AvgIpc) is 3.10. The van der Waals surface area contributed by atoms with Crippen LogP contribution in [0.25, 0.3) is 0 Å². The van der Waals surface area contributed by atoms with E-state index in [4.69, 9.17) is 0 Å². The van der Waals surface area contributed by atoms with Gasteiger partial charge >= 0.3 is 5.97 Å². The molecule has 0 radical (unpaired) electrons. The van der Waals surface area contributed by atoms with Crippen LogP contribution in [0, 0.1) is 11.8 Å². The van der Waals surface area contributed by atoms with Gasteiger partial charge in [0, 0.05) is 18.4 Å². The molecule has 13 heteroatoms. The van der Waals surface area contributed by atoms with Crippen molar-refractivity contribution in [3.63, 3.8) is 0 Å². The Morgan fingerprint density at radius 2 is 1.02 bits per heavy atom. The molecule has 13 nitrogen and oxygen atoms in total. The molecule has 3 rings (SSSR count). The molecule has 0 aliphatic carbocycles. The maximum absolute atomic E-state index is 14.0. The van der Waals surface area contributed by atoms with Crippen LogP contribution in [0.1, 0.15) is 62.5 Å². The molecule has 0 unspecified atom stereocenters. The molecular weight excluding hydrogens is 666 g/mol. The summed E-state index contributed by atoms with van der Waals surface area (Å²) < 4.78 is 0. The Morgan fingerprint density at radius 3 is 1.48 bits per heavy atom. The zero-order valence-electron chi connectivity index (χ0n) is 30.1. The molecule has 5 atom stereocenters. The molecule has 0 aliphatic rings. The van der Waals surface area contributed by atoms with Gasteiger partial charge in [-0.15, -0.1) is 0 Å². The van der Waals surface area contributed by atoms with Gasteiger partial charge in [0.2, 0.25) is 23.6 Å². The minimum atomic E-state index is -1.25. The normalized spacial score (nSPS) is 13.9. The van der Waals surface area contributed by atoms with E-state index in [0.717, 1.165) is 0 Å². The summed E-state index contributed by atoms with van der Waals surface area (Å²) in [5.41, 5.74) is 1.67. The van der Waals surface area contributed by atoms with E-state index in [1.165, 1.54) is 31.2 Å².